The van der Waals surface area contributed by atoms with Gasteiger partial charge in [-0.3, -0.25) is 23.2 Å². The summed E-state index contributed by atoms with van der Waals surface area (Å²) in [6, 6.07) is 1.24. The third-order valence-corrected chi connectivity index (χ3v) is 13.8. The Labute approximate surface area is 414 Å². The number of aromatic nitrogens is 2. The number of aliphatic hydroxyl groups excluding tert-OH is 3. The van der Waals surface area contributed by atoms with E-state index in [9.17, 15) is 48.6 Å². The van der Waals surface area contributed by atoms with Crippen LogP contribution in [0.1, 0.15) is 155 Å². The first-order chi connectivity index (χ1) is 33.5. The number of ether oxygens (including phenoxy) is 3. The maximum Gasteiger partial charge on any atom is 0.481 e. The van der Waals surface area contributed by atoms with Gasteiger partial charge >= 0.3 is 33.3 Å². The van der Waals surface area contributed by atoms with Crippen LogP contribution in [0.5, 0.6) is 0 Å². The molecule has 1 saturated heterocycles. The van der Waals surface area contributed by atoms with Gasteiger partial charge in [-0.15, -0.1) is 0 Å². The van der Waals surface area contributed by atoms with E-state index in [2.05, 4.69) is 42.2 Å². The SMILES string of the molecule is CC/C=C\C/C=C\CC(O)/C=C/C=C\C/C=C\CCCC(=O)O[C@H](COC(=O)CCCCCCCCCCCCC(C)CC)COP(=O)(O)OP(=O)(O)OC[C@H]1O[C@@H](n2ccc(N)nc2=O)[C@H](O)[C@@H]1O. The van der Waals surface area contributed by atoms with Crippen molar-refractivity contribution >= 4 is 33.4 Å². The molecule has 2 rings (SSSR count). The van der Waals surface area contributed by atoms with Gasteiger partial charge in [-0.2, -0.15) is 9.29 Å². The molecule has 1 aliphatic rings. The molecule has 0 aliphatic carbocycles. The van der Waals surface area contributed by atoms with Crippen molar-refractivity contribution in [1.29, 1.82) is 0 Å². The highest BCUT2D eigenvalue weighted by atomic mass is 31.3. The summed E-state index contributed by atoms with van der Waals surface area (Å²) in [6.45, 7) is 4.21. The number of nitrogens with two attached hydrogens (primary N) is 1. The molecule has 1 aliphatic heterocycles. The molecule has 1 fully saturated rings. The van der Waals surface area contributed by atoms with Gasteiger partial charge in [0.25, 0.3) is 0 Å². The van der Waals surface area contributed by atoms with E-state index in [1.807, 2.05) is 36.5 Å². The molecule has 21 heteroatoms. The first kappa shape index (κ1) is 62.5. The normalized spacial score (nSPS) is 20.7. The number of hydrogen-bond acceptors (Lipinski definition) is 16. The lowest BCUT2D eigenvalue weighted by Crippen LogP contribution is -2.36. The summed E-state index contributed by atoms with van der Waals surface area (Å²) in [4.78, 5) is 61.8. The quantitative estimate of drug-likeness (QED) is 0.0118. The maximum absolute atomic E-state index is 12.8. The minimum absolute atomic E-state index is 0.0616. The number of carbonyl (C=O) groups excluding carboxylic acids is 2. The Bertz CT molecular complexity index is 1940. The molecule has 398 valence electrons. The Morgan fingerprint density at radius 1 is 0.814 bits per heavy atom. The molecule has 70 heavy (non-hydrogen) atoms. The van der Waals surface area contributed by atoms with Gasteiger partial charge in [-0.1, -0.05) is 152 Å². The molecule has 2 heterocycles. The molecule has 0 spiro atoms. The molecule has 0 radical (unpaired) electrons. The summed E-state index contributed by atoms with van der Waals surface area (Å²) in [6.07, 6.45) is 29.2. The molecule has 4 unspecified atom stereocenters. The van der Waals surface area contributed by atoms with E-state index in [-0.39, 0.29) is 18.7 Å². The van der Waals surface area contributed by atoms with Crippen molar-refractivity contribution in [1.82, 2.24) is 9.55 Å². The second-order valence-electron chi connectivity index (χ2n) is 17.4. The van der Waals surface area contributed by atoms with Gasteiger partial charge < -0.3 is 45.1 Å². The topological polar surface area (TPSA) is 286 Å². The van der Waals surface area contributed by atoms with Crippen LogP contribution in [-0.4, -0.2) is 96.9 Å². The number of aliphatic hydroxyl groups is 3. The van der Waals surface area contributed by atoms with Crippen LogP contribution in [0.25, 0.3) is 0 Å². The van der Waals surface area contributed by atoms with E-state index < -0.39 is 89.8 Å². The van der Waals surface area contributed by atoms with Gasteiger partial charge in [0, 0.05) is 19.0 Å². The van der Waals surface area contributed by atoms with E-state index in [0.717, 1.165) is 55.2 Å². The Balaban J connectivity index is 1.86. The third kappa shape index (κ3) is 29.1. The highest BCUT2D eigenvalue weighted by Gasteiger charge is 2.46. The Hall–Kier alpha value is -3.58. The van der Waals surface area contributed by atoms with Crippen LogP contribution in [0, 0.1) is 5.92 Å². The molecule has 0 saturated carbocycles. The maximum atomic E-state index is 12.8. The second-order valence-corrected chi connectivity index (χ2v) is 20.4. The highest BCUT2D eigenvalue weighted by molar-refractivity contribution is 7.61. The Kier molecular flexibility index (Phi) is 32.5. The monoisotopic (exact) mass is 1030 g/mol. The van der Waals surface area contributed by atoms with Crippen LogP contribution in [0.3, 0.4) is 0 Å². The second kappa shape index (κ2) is 36.4. The molecule has 0 amide bonds. The minimum Gasteiger partial charge on any atom is -0.462 e. The van der Waals surface area contributed by atoms with E-state index in [4.69, 9.17) is 29.0 Å². The predicted molar refractivity (Wildman–Crippen MR) is 267 cm³/mol. The van der Waals surface area contributed by atoms with Gasteiger partial charge in [0.15, 0.2) is 12.3 Å². The van der Waals surface area contributed by atoms with Crippen LogP contribution < -0.4 is 11.4 Å². The van der Waals surface area contributed by atoms with E-state index >= 15 is 0 Å². The number of carbonyl (C=O) groups is 2. The number of rotatable bonds is 39. The average molecular weight is 1030 g/mol. The first-order valence-electron chi connectivity index (χ1n) is 24.8. The number of nitrogen functional groups attached to an aromatic ring is 1. The minimum atomic E-state index is -5.45. The molecule has 1 aromatic rings. The van der Waals surface area contributed by atoms with Crippen molar-refractivity contribution in [2.45, 2.75) is 186 Å². The van der Waals surface area contributed by atoms with Crippen molar-refractivity contribution in [3.63, 3.8) is 0 Å². The van der Waals surface area contributed by atoms with E-state index in [1.54, 1.807) is 12.2 Å². The summed E-state index contributed by atoms with van der Waals surface area (Å²) in [5.74, 6) is -0.617. The van der Waals surface area contributed by atoms with Crippen molar-refractivity contribution in [2.24, 2.45) is 5.92 Å². The highest BCUT2D eigenvalue weighted by Crippen LogP contribution is 2.60. The summed E-state index contributed by atoms with van der Waals surface area (Å²) >= 11 is 0. The van der Waals surface area contributed by atoms with Crippen LogP contribution >= 0.6 is 15.6 Å². The lowest BCUT2D eigenvalue weighted by atomic mass is 9.99. The fourth-order valence-corrected chi connectivity index (χ4v) is 9.11. The van der Waals surface area contributed by atoms with E-state index in [0.29, 0.717) is 32.1 Å². The standard InChI is InChI=1S/C49H81N3O16P2/c1-4-6-7-8-20-25-30-40(53)31-26-21-16-13-14-18-23-28-33-45(55)66-41(36-63-44(54)32-27-22-17-12-10-9-11-15-19-24-29-39(3)5-2)37-64-69(59,60)68-70(61,62)65-38-42-46(56)47(57)48(67-42)52-35-34-43(50)51-49(52)58/h6-7,14,16,18,20-21,25-26,31,34-35,39-42,46-48,53,56-57H,4-5,8-13,15,17,19,22-24,27-30,32-33,36-38H2,1-3H3,(H,59,60)(H,61,62)(H2,50,51,58)/b7-6-,18-14-,21-16-,25-20-,31-26+/t39?,40?,41-,42-,46-,47-,48-/m1/s1. The molecule has 1 aromatic heterocycles. The van der Waals surface area contributed by atoms with Gasteiger partial charge in [-0.05, 0) is 56.9 Å². The van der Waals surface area contributed by atoms with Crippen LogP contribution in [0.4, 0.5) is 5.82 Å². The number of phosphoric acid groups is 2. The van der Waals surface area contributed by atoms with Crippen molar-refractivity contribution in [3.8, 4) is 0 Å². The van der Waals surface area contributed by atoms with Crippen LogP contribution in [0.2, 0.25) is 0 Å². The number of hydrogen-bond donors (Lipinski definition) is 6. The molecular weight excluding hydrogens is 948 g/mol. The van der Waals surface area contributed by atoms with Gasteiger partial charge in [-0.25, -0.2) is 13.9 Å². The summed E-state index contributed by atoms with van der Waals surface area (Å²) < 4.78 is 56.6. The predicted octanol–water partition coefficient (Wildman–Crippen LogP) is 8.77. The zero-order valence-corrected chi connectivity index (χ0v) is 43.1. The Morgan fingerprint density at radius 3 is 2.13 bits per heavy atom. The third-order valence-electron chi connectivity index (χ3n) is 11.2. The number of phosphoric ester groups is 2. The van der Waals surface area contributed by atoms with Gasteiger partial charge in [0.2, 0.25) is 0 Å². The number of unbranched alkanes of at least 4 members (excludes halogenated alkanes) is 10. The fourth-order valence-electron chi connectivity index (χ4n) is 7.00. The average Bonchev–Trinajstić information content (AvgIpc) is 3.59. The fraction of sp³-hybridized carbons (Fsp3) is 0.673. The molecule has 0 bridgehead atoms. The smallest absolute Gasteiger partial charge is 0.462 e. The number of esters is 2. The molecule has 9 atom stereocenters. The van der Waals surface area contributed by atoms with Crippen molar-refractivity contribution < 1.29 is 71.4 Å². The van der Waals surface area contributed by atoms with Crippen LogP contribution in [0.15, 0.2) is 77.8 Å². The van der Waals surface area contributed by atoms with E-state index in [1.165, 1.54) is 51.0 Å². The lowest BCUT2D eigenvalue weighted by Gasteiger charge is -2.21. The van der Waals surface area contributed by atoms with Gasteiger partial charge in [0.1, 0.15) is 30.7 Å². The molecule has 7 N–H and O–H groups in total. The summed E-state index contributed by atoms with van der Waals surface area (Å²) in [7, 11) is -10.9. The molecule has 0 aromatic carbocycles. The van der Waals surface area contributed by atoms with Gasteiger partial charge in [0.05, 0.1) is 19.3 Å². The van der Waals surface area contributed by atoms with Crippen molar-refractivity contribution in [2.75, 3.05) is 25.6 Å². The van der Waals surface area contributed by atoms with Crippen LogP contribution in [-0.2, 0) is 46.3 Å². The molecular formula is C49H81N3O16P2. The number of nitrogens with zero attached hydrogens (tertiary/aromatic N) is 2. The summed E-state index contributed by atoms with van der Waals surface area (Å²) in [5.41, 5.74) is 4.57. The number of anilines is 1. The Morgan fingerprint density at radius 2 is 1.44 bits per heavy atom. The first-order valence-corrected chi connectivity index (χ1v) is 27.8. The van der Waals surface area contributed by atoms with Crippen molar-refractivity contribution in [3.05, 3.63) is 83.5 Å². The zero-order chi connectivity index (χ0) is 51.6. The summed E-state index contributed by atoms with van der Waals surface area (Å²) in [5, 5.41) is 31.0. The number of allylic oxidation sites excluding steroid dienone is 8. The largest absolute Gasteiger partial charge is 0.481 e. The zero-order valence-electron chi connectivity index (χ0n) is 41.3. The molecule has 19 nitrogen and oxygen atoms in total. The lowest BCUT2D eigenvalue weighted by molar-refractivity contribution is -0.161.